The molecule has 1 aromatic heterocycles. The normalized spacial score (nSPS) is 26.3. The van der Waals surface area contributed by atoms with Gasteiger partial charge in [-0.25, -0.2) is 4.79 Å². The van der Waals surface area contributed by atoms with Gasteiger partial charge in [0.25, 0.3) is 0 Å². The van der Waals surface area contributed by atoms with Crippen LogP contribution in [0.4, 0.5) is 5.82 Å². The minimum absolute atomic E-state index is 0.0103. The maximum atomic E-state index is 12.3. The molecule has 0 saturated carbocycles. The van der Waals surface area contributed by atoms with Crippen molar-refractivity contribution in [3.8, 4) is 0 Å². The van der Waals surface area contributed by atoms with Crippen LogP contribution in [-0.4, -0.2) is 57.6 Å². The molecule has 2 N–H and O–H groups in total. The van der Waals surface area contributed by atoms with Gasteiger partial charge in [0.2, 0.25) is 0 Å². The maximum Gasteiger partial charge on any atom is 0.351 e. The van der Waals surface area contributed by atoms with Gasteiger partial charge in [0.1, 0.15) is 12.5 Å². The van der Waals surface area contributed by atoms with Crippen molar-refractivity contribution in [1.29, 1.82) is 0 Å². The Morgan fingerprint density at radius 2 is 2.00 bits per heavy atom. The van der Waals surface area contributed by atoms with E-state index in [0.29, 0.717) is 0 Å². The van der Waals surface area contributed by atoms with Crippen molar-refractivity contribution in [2.75, 3.05) is 12.1 Å². The van der Waals surface area contributed by atoms with E-state index in [9.17, 15) is 19.2 Å². The van der Waals surface area contributed by atoms with Crippen LogP contribution >= 0.6 is 0 Å². The quantitative estimate of drug-likeness (QED) is 0.276. The van der Waals surface area contributed by atoms with E-state index in [2.05, 4.69) is 4.98 Å². The first-order valence-electron chi connectivity index (χ1n) is 9.00. The highest BCUT2D eigenvalue weighted by atomic mass is 16.7. The summed E-state index contributed by atoms with van der Waals surface area (Å²) >= 11 is 0. The molecule has 0 aliphatic carbocycles. The van der Waals surface area contributed by atoms with E-state index in [-0.39, 0.29) is 24.8 Å². The van der Waals surface area contributed by atoms with Crippen molar-refractivity contribution in [1.82, 2.24) is 9.55 Å². The molecule has 0 amide bonds. The molecule has 29 heavy (non-hydrogen) atoms. The van der Waals surface area contributed by atoms with E-state index >= 15 is 0 Å². The molecular formula is C17H21N3O9. The monoisotopic (exact) mass is 411 g/mol. The first-order chi connectivity index (χ1) is 13.8. The van der Waals surface area contributed by atoms with Crippen LogP contribution in [0.5, 0.6) is 0 Å². The fourth-order valence-electron chi connectivity index (χ4n) is 3.05. The lowest BCUT2D eigenvalue weighted by Crippen LogP contribution is -2.39. The molecule has 12 nitrogen and oxygen atoms in total. The van der Waals surface area contributed by atoms with Crippen LogP contribution in [-0.2, 0) is 33.3 Å². The van der Waals surface area contributed by atoms with E-state index in [0.717, 1.165) is 4.57 Å². The zero-order valence-electron chi connectivity index (χ0n) is 15.8. The van der Waals surface area contributed by atoms with Crippen LogP contribution in [0.15, 0.2) is 17.1 Å². The van der Waals surface area contributed by atoms with E-state index in [4.69, 9.17) is 24.2 Å². The number of aromatic nitrogens is 2. The number of nitrogens with one attached hydrogen (secondary N) is 1. The van der Waals surface area contributed by atoms with Gasteiger partial charge >= 0.3 is 23.6 Å². The van der Waals surface area contributed by atoms with Gasteiger partial charge in [-0.15, -0.1) is 0 Å². The molecule has 2 saturated heterocycles. The molecule has 3 rings (SSSR count). The van der Waals surface area contributed by atoms with Crippen molar-refractivity contribution in [3.63, 3.8) is 0 Å². The molecule has 2 aliphatic rings. The average molecular weight is 411 g/mol. The third kappa shape index (κ3) is 4.54. The zero-order chi connectivity index (χ0) is 21.1. The summed E-state index contributed by atoms with van der Waals surface area (Å²) in [4.78, 5) is 51.3. The lowest BCUT2D eigenvalue weighted by molar-refractivity contribution is -0.157. The molecule has 0 unspecified atom stereocenters. The van der Waals surface area contributed by atoms with E-state index in [1.807, 2.05) is 0 Å². The predicted octanol–water partition coefficient (Wildman–Crippen LogP) is -0.242. The number of carbonyl (C=O) groups is 3. The zero-order valence-corrected chi connectivity index (χ0v) is 15.8. The standard InChI is InChI=1S/C17H21N3O9/c1-8(2)16(23)26-6-4-9-13-14(29-12(22)7-11(21)28-13)15(27-9)20-5-3-10(19-25)18-17(20)24/h3,5,8-9,13-15,25H,4,6-7H2,1-2H3,(H,18,19,24)/t9-,13-,14-,15-/m1/s1. The van der Waals surface area contributed by atoms with Crippen LogP contribution in [0.2, 0.25) is 0 Å². The second kappa shape index (κ2) is 8.57. The van der Waals surface area contributed by atoms with Crippen molar-refractivity contribution < 1.29 is 38.5 Å². The Bertz CT molecular complexity index is 853. The van der Waals surface area contributed by atoms with Crippen molar-refractivity contribution in [2.45, 2.75) is 51.2 Å². The summed E-state index contributed by atoms with van der Waals surface area (Å²) < 4.78 is 22.7. The minimum Gasteiger partial charge on any atom is -0.465 e. The highest BCUT2D eigenvalue weighted by molar-refractivity contribution is 5.92. The number of esters is 3. The Balaban J connectivity index is 1.83. The lowest BCUT2D eigenvalue weighted by atomic mass is 10.1. The van der Waals surface area contributed by atoms with E-state index in [1.54, 1.807) is 19.3 Å². The Kier molecular flexibility index (Phi) is 6.13. The Morgan fingerprint density at radius 1 is 1.31 bits per heavy atom. The molecule has 2 aliphatic heterocycles. The number of hydrogen-bond acceptors (Lipinski definition) is 11. The van der Waals surface area contributed by atoms with Crippen molar-refractivity contribution >= 4 is 23.7 Å². The first kappa shape index (κ1) is 20.7. The first-order valence-corrected chi connectivity index (χ1v) is 9.00. The minimum atomic E-state index is -1.12. The van der Waals surface area contributed by atoms with Gasteiger partial charge in [-0.3, -0.25) is 29.6 Å². The summed E-state index contributed by atoms with van der Waals surface area (Å²) in [6.45, 7) is 3.37. The van der Waals surface area contributed by atoms with Crippen molar-refractivity contribution in [3.05, 3.63) is 22.7 Å². The molecule has 0 bridgehead atoms. The third-order valence-corrected chi connectivity index (χ3v) is 4.45. The molecule has 12 heteroatoms. The molecule has 4 atom stereocenters. The summed E-state index contributed by atoms with van der Waals surface area (Å²) in [6.07, 6.45) is -3.10. The summed E-state index contributed by atoms with van der Waals surface area (Å²) in [7, 11) is 0. The summed E-state index contributed by atoms with van der Waals surface area (Å²) in [5, 5.41) is 8.87. The largest absolute Gasteiger partial charge is 0.465 e. The molecule has 0 radical (unpaired) electrons. The number of nitrogens with zero attached hydrogens (tertiary/aromatic N) is 2. The predicted molar refractivity (Wildman–Crippen MR) is 92.6 cm³/mol. The smallest absolute Gasteiger partial charge is 0.351 e. The molecule has 0 spiro atoms. The molecule has 158 valence electrons. The number of rotatable bonds is 6. The average Bonchev–Trinajstić information content (AvgIpc) is 2.89. The molecule has 1 aromatic rings. The van der Waals surface area contributed by atoms with Gasteiger partial charge in [-0.2, -0.15) is 4.98 Å². The number of fused-ring (bicyclic) bond motifs is 1. The lowest BCUT2D eigenvalue weighted by Gasteiger charge is -2.21. The second-order valence-corrected chi connectivity index (χ2v) is 6.88. The van der Waals surface area contributed by atoms with Gasteiger partial charge in [-0.1, -0.05) is 13.8 Å². The molecule has 3 heterocycles. The highest BCUT2D eigenvalue weighted by Gasteiger charge is 2.52. The van der Waals surface area contributed by atoms with Crippen molar-refractivity contribution in [2.24, 2.45) is 5.92 Å². The fraction of sp³-hybridized carbons (Fsp3) is 0.588. The van der Waals surface area contributed by atoms with Gasteiger partial charge in [-0.05, 0) is 6.07 Å². The van der Waals surface area contributed by atoms with E-state index < -0.39 is 54.6 Å². The topological polar surface area (TPSA) is 155 Å². The maximum absolute atomic E-state index is 12.3. The SMILES string of the molecule is CC(C)C(=O)OCC[C@H]1O[C@@H](n2ccc(NO)nc2=O)[C@@H]2OC(=O)CC(=O)O[C@@H]21. The number of carbonyl (C=O) groups excluding carboxylic acids is 3. The van der Waals surface area contributed by atoms with Gasteiger partial charge in [0.15, 0.2) is 24.3 Å². The Morgan fingerprint density at radius 3 is 2.62 bits per heavy atom. The Hall–Kier alpha value is -2.99. The van der Waals surface area contributed by atoms with Gasteiger partial charge < -0.3 is 18.9 Å². The molecular weight excluding hydrogens is 390 g/mol. The molecule has 2 fully saturated rings. The number of hydrogen-bond donors (Lipinski definition) is 2. The highest BCUT2D eigenvalue weighted by Crippen LogP contribution is 2.36. The summed E-state index contributed by atoms with van der Waals surface area (Å²) in [5.74, 6) is -2.37. The van der Waals surface area contributed by atoms with Gasteiger partial charge in [0.05, 0.1) is 12.5 Å². The fourth-order valence-corrected chi connectivity index (χ4v) is 3.05. The number of ether oxygens (including phenoxy) is 4. The number of anilines is 1. The summed E-state index contributed by atoms with van der Waals surface area (Å²) in [6, 6.07) is 1.31. The van der Waals surface area contributed by atoms with Crippen LogP contribution in [0.25, 0.3) is 0 Å². The van der Waals surface area contributed by atoms with Crippen LogP contribution in [0, 0.1) is 5.92 Å². The van der Waals surface area contributed by atoms with E-state index in [1.165, 1.54) is 12.3 Å². The van der Waals surface area contributed by atoms with Crippen LogP contribution < -0.4 is 11.2 Å². The van der Waals surface area contributed by atoms with Crippen LogP contribution in [0.3, 0.4) is 0 Å². The third-order valence-electron chi connectivity index (χ3n) is 4.45. The van der Waals surface area contributed by atoms with Gasteiger partial charge in [0, 0.05) is 12.6 Å². The van der Waals surface area contributed by atoms with Crippen LogP contribution in [0.1, 0.15) is 32.9 Å². The Labute approximate surface area is 164 Å². The molecule has 0 aromatic carbocycles. The second-order valence-electron chi connectivity index (χ2n) is 6.88. The summed E-state index contributed by atoms with van der Waals surface area (Å²) in [5.41, 5.74) is 0.967.